The molecule has 31 heavy (non-hydrogen) atoms. The van der Waals surface area contributed by atoms with Crippen LogP contribution in [0.5, 0.6) is 0 Å². The molecule has 4 nitrogen and oxygen atoms in total. The molecule has 1 fully saturated rings. The molecular weight excluding hydrogens is 386 g/mol. The molecule has 1 N–H and O–H groups in total. The lowest BCUT2D eigenvalue weighted by molar-refractivity contribution is 0.0662. The number of hydrogen-bond acceptors (Lipinski definition) is 3. The smallest absolute Gasteiger partial charge is 0.371 e. The molecule has 1 atom stereocenters. The van der Waals surface area contributed by atoms with Gasteiger partial charge in [0, 0.05) is 17.2 Å². The minimum atomic E-state index is -1.05. The molecule has 4 rings (SSSR count). The number of aromatic carboxylic acids is 1. The number of carboxylic acid groups (broad SMARTS) is 1. The SMILES string of the molecule is CCCCCCCCC1C=CC(C=Cc2ccc(C(=O)O)o2)=C2N=C3CCCCC3=C21. The highest BCUT2D eigenvalue weighted by molar-refractivity contribution is 6.06. The van der Waals surface area contributed by atoms with Gasteiger partial charge in [-0.15, -0.1) is 0 Å². The number of carboxylic acids is 1. The highest BCUT2D eigenvalue weighted by atomic mass is 16.4. The molecule has 1 aliphatic heterocycles. The first-order chi connectivity index (χ1) is 15.2. The van der Waals surface area contributed by atoms with Crippen LogP contribution in [0.3, 0.4) is 0 Å². The molecule has 1 unspecified atom stereocenters. The summed E-state index contributed by atoms with van der Waals surface area (Å²) in [6.45, 7) is 2.26. The van der Waals surface area contributed by atoms with E-state index in [9.17, 15) is 4.79 Å². The summed E-state index contributed by atoms with van der Waals surface area (Å²) >= 11 is 0. The zero-order valence-electron chi connectivity index (χ0n) is 18.5. The molecular formula is C27H33NO3. The lowest BCUT2D eigenvalue weighted by Crippen LogP contribution is -2.12. The van der Waals surface area contributed by atoms with Gasteiger partial charge in [0.15, 0.2) is 0 Å². The zero-order chi connectivity index (χ0) is 21.6. The van der Waals surface area contributed by atoms with E-state index < -0.39 is 5.97 Å². The largest absolute Gasteiger partial charge is 0.475 e. The number of carbonyl (C=O) groups is 1. The fourth-order valence-corrected chi connectivity index (χ4v) is 4.90. The van der Waals surface area contributed by atoms with Crippen LogP contribution in [-0.4, -0.2) is 16.8 Å². The van der Waals surface area contributed by atoms with Gasteiger partial charge in [0.05, 0.1) is 5.70 Å². The average molecular weight is 420 g/mol. The second-order valence-corrected chi connectivity index (χ2v) is 8.82. The van der Waals surface area contributed by atoms with Crippen molar-refractivity contribution in [2.75, 3.05) is 0 Å². The van der Waals surface area contributed by atoms with Gasteiger partial charge in [-0.3, -0.25) is 4.99 Å². The van der Waals surface area contributed by atoms with E-state index in [0.717, 1.165) is 24.1 Å². The third-order valence-electron chi connectivity index (χ3n) is 6.55. The van der Waals surface area contributed by atoms with Crippen molar-refractivity contribution in [3.8, 4) is 0 Å². The molecule has 1 aromatic heterocycles. The van der Waals surface area contributed by atoms with Crippen molar-refractivity contribution in [1.82, 2.24) is 0 Å². The molecule has 0 radical (unpaired) electrons. The van der Waals surface area contributed by atoms with E-state index in [1.807, 2.05) is 12.2 Å². The van der Waals surface area contributed by atoms with Crippen LogP contribution in [-0.2, 0) is 0 Å². The van der Waals surface area contributed by atoms with E-state index in [0.29, 0.717) is 11.7 Å². The van der Waals surface area contributed by atoms with Crippen LogP contribution < -0.4 is 0 Å². The predicted octanol–water partition coefficient (Wildman–Crippen LogP) is 7.51. The quantitative estimate of drug-likeness (QED) is 0.399. The average Bonchev–Trinajstić information content (AvgIpc) is 3.40. The summed E-state index contributed by atoms with van der Waals surface area (Å²) < 4.78 is 5.38. The van der Waals surface area contributed by atoms with Gasteiger partial charge in [-0.25, -0.2) is 4.79 Å². The van der Waals surface area contributed by atoms with Gasteiger partial charge in [0.25, 0.3) is 0 Å². The number of unbranched alkanes of at least 4 members (excludes halogenated alkanes) is 5. The van der Waals surface area contributed by atoms with Crippen LogP contribution in [0.2, 0.25) is 0 Å². The van der Waals surface area contributed by atoms with E-state index in [1.54, 1.807) is 6.07 Å². The summed E-state index contributed by atoms with van der Waals surface area (Å²) in [5.41, 5.74) is 6.48. The van der Waals surface area contributed by atoms with Crippen molar-refractivity contribution >= 4 is 17.8 Å². The third-order valence-corrected chi connectivity index (χ3v) is 6.55. The molecule has 3 aliphatic rings. The molecule has 0 saturated heterocycles. The van der Waals surface area contributed by atoms with Gasteiger partial charge in [-0.2, -0.15) is 0 Å². The van der Waals surface area contributed by atoms with E-state index >= 15 is 0 Å². The van der Waals surface area contributed by atoms with Gasteiger partial charge in [0.1, 0.15) is 5.76 Å². The molecule has 0 amide bonds. The van der Waals surface area contributed by atoms with Crippen molar-refractivity contribution in [2.24, 2.45) is 10.9 Å². The van der Waals surface area contributed by atoms with E-state index in [4.69, 9.17) is 14.5 Å². The minimum absolute atomic E-state index is 0.0366. The van der Waals surface area contributed by atoms with Crippen LogP contribution in [0, 0.1) is 5.92 Å². The normalized spacial score (nSPS) is 20.4. The summed E-state index contributed by atoms with van der Waals surface area (Å²) in [6.07, 6.45) is 22.3. The van der Waals surface area contributed by atoms with Crippen LogP contribution in [0.25, 0.3) is 6.08 Å². The van der Waals surface area contributed by atoms with Crippen LogP contribution in [0.15, 0.2) is 62.2 Å². The van der Waals surface area contributed by atoms with Gasteiger partial charge < -0.3 is 9.52 Å². The van der Waals surface area contributed by atoms with Crippen molar-refractivity contribution in [1.29, 1.82) is 0 Å². The lowest BCUT2D eigenvalue weighted by atomic mass is 9.80. The summed E-state index contributed by atoms with van der Waals surface area (Å²) in [4.78, 5) is 16.1. The highest BCUT2D eigenvalue weighted by Gasteiger charge is 2.32. The second kappa shape index (κ2) is 10.1. The summed E-state index contributed by atoms with van der Waals surface area (Å²) in [7, 11) is 0. The van der Waals surface area contributed by atoms with Crippen molar-refractivity contribution in [3.05, 3.63) is 64.3 Å². The van der Waals surface area contributed by atoms with Crippen LogP contribution in [0.4, 0.5) is 0 Å². The molecule has 2 aliphatic carbocycles. The highest BCUT2D eigenvalue weighted by Crippen LogP contribution is 2.44. The number of aliphatic imine (C=N–C) groups is 1. The van der Waals surface area contributed by atoms with Crippen LogP contribution in [0.1, 0.15) is 93.9 Å². The predicted molar refractivity (Wildman–Crippen MR) is 125 cm³/mol. The van der Waals surface area contributed by atoms with Gasteiger partial charge in [0.2, 0.25) is 5.76 Å². The fourth-order valence-electron chi connectivity index (χ4n) is 4.90. The summed E-state index contributed by atoms with van der Waals surface area (Å²) in [5.74, 6) is -0.0687. The Bertz CT molecular complexity index is 970. The number of hydrogen-bond donors (Lipinski definition) is 1. The van der Waals surface area contributed by atoms with Crippen molar-refractivity contribution < 1.29 is 14.3 Å². The molecule has 1 saturated carbocycles. The summed E-state index contributed by atoms with van der Waals surface area (Å²) in [6, 6.07) is 3.18. The lowest BCUT2D eigenvalue weighted by Gasteiger charge is -2.23. The molecule has 1 aromatic rings. The number of nitrogens with zero attached hydrogens (tertiary/aromatic N) is 1. The Labute approximate surface area is 185 Å². The monoisotopic (exact) mass is 419 g/mol. The standard InChI is InChI=1S/C27H33NO3/c1-2-3-4-5-6-7-10-19-13-14-20(15-16-21-17-18-24(31-21)27(29)30)26-25(19)22-11-8-9-12-23(22)28-26/h13-19H,2-12H2,1H3,(H,29,30). The van der Waals surface area contributed by atoms with Crippen LogP contribution >= 0.6 is 0 Å². The van der Waals surface area contributed by atoms with Crippen molar-refractivity contribution in [3.63, 3.8) is 0 Å². The Kier molecular flexibility index (Phi) is 7.06. The maximum absolute atomic E-state index is 11.0. The first-order valence-corrected chi connectivity index (χ1v) is 11.9. The Hall–Kier alpha value is -2.62. The Balaban J connectivity index is 1.51. The molecule has 164 valence electrons. The minimum Gasteiger partial charge on any atom is -0.475 e. The van der Waals surface area contributed by atoms with E-state index in [-0.39, 0.29) is 5.76 Å². The Morgan fingerprint density at radius 2 is 1.94 bits per heavy atom. The Morgan fingerprint density at radius 3 is 2.74 bits per heavy atom. The van der Waals surface area contributed by atoms with Gasteiger partial charge >= 0.3 is 5.97 Å². The summed E-state index contributed by atoms with van der Waals surface area (Å²) in [5, 5.41) is 9.05. The topological polar surface area (TPSA) is 62.8 Å². The fraction of sp³-hybridized carbons (Fsp3) is 0.481. The second-order valence-electron chi connectivity index (χ2n) is 8.82. The molecule has 4 heteroatoms. The number of furan rings is 1. The Morgan fingerprint density at radius 1 is 1.13 bits per heavy atom. The molecule has 0 bridgehead atoms. The zero-order valence-corrected chi connectivity index (χ0v) is 18.5. The maximum atomic E-state index is 11.0. The maximum Gasteiger partial charge on any atom is 0.371 e. The van der Waals surface area contributed by atoms with Gasteiger partial charge in [-0.1, -0.05) is 57.6 Å². The van der Waals surface area contributed by atoms with Gasteiger partial charge in [-0.05, 0) is 67.5 Å². The molecule has 0 spiro atoms. The number of fused-ring (bicyclic) bond motifs is 2. The third kappa shape index (κ3) is 5.00. The number of allylic oxidation sites excluding steroid dienone is 6. The molecule has 0 aromatic carbocycles. The van der Waals surface area contributed by atoms with E-state index in [2.05, 4.69) is 19.1 Å². The first-order valence-electron chi connectivity index (χ1n) is 11.9. The van der Waals surface area contributed by atoms with Crippen molar-refractivity contribution in [2.45, 2.75) is 77.6 Å². The number of rotatable bonds is 10. The van der Waals surface area contributed by atoms with E-state index in [1.165, 1.54) is 80.7 Å². The first kappa shape index (κ1) is 21.6. The molecule has 2 heterocycles.